The van der Waals surface area contributed by atoms with Gasteiger partial charge in [0.1, 0.15) is 16.5 Å². The fourth-order valence-corrected chi connectivity index (χ4v) is 6.66. The Morgan fingerprint density at radius 2 is 1.61 bits per heavy atom. The van der Waals surface area contributed by atoms with Crippen molar-refractivity contribution in [2.24, 2.45) is 7.05 Å². The molecule has 0 aliphatic rings. The molecule has 0 fully saturated rings. The quantitative estimate of drug-likeness (QED) is 0.178. The van der Waals surface area contributed by atoms with Crippen molar-refractivity contribution in [3.8, 4) is 21.7 Å². The van der Waals surface area contributed by atoms with E-state index in [1.807, 2.05) is 79.8 Å². The number of pyridine rings is 1. The summed E-state index contributed by atoms with van der Waals surface area (Å²) in [6, 6.07) is 31.7. The lowest BCUT2D eigenvalue weighted by atomic mass is 9.82. The van der Waals surface area contributed by atoms with Crippen LogP contribution in [0, 0.1) is 0 Å². The molecule has 7 nitrogen and oxygen atoms in total. The summed E-state index contributed by atoms with van der Waals surface area (Å²) >= 11 is 14.0. The maximum Gasteiger partial charge on any atom is 0.276 e. The molecule has 10 heteroatoms. The van der Waals surface area contributed by atoms with Crippen molar-refractivity contribution in [3.63, 3.8) is 0 Å². The molecule has 0 aliphatic heterocycles. The summed E-state index contributed by atoms with van der Waals surface area (Å²) in [6.07, 6.45) is 3.30. The van der Waals surface area contributed by atoms with Crippen LogP contribution in [-0.4, -0.2) is 30.5 Å². The van der Waals surface area contributed by atoms with E-state index < -0.39 is 5.60 Å². The highest BCUT2D eigenvalue weighted by atomic mass is 35.5. The predicted octanol–water partition coefficient (Wildman–Crippen LogP) is 8.60. The number of rotatable bonds is 7. The Hall–Kier alpha value is -4.86. The highest BCUT2D eigenvalue weighted by Crippen LogP contribution is 2.40. The van der Waals surface area contributed by atoms with E-state index in [0.717, 1.165) is 27.1 Å². The van der Waals surface area contributed by atoms with Gasteiger partial charge in [0, 0.05) is 33.4 Å². The van der Waals surface area contributed by atoms with Crippen LogP contribution in [0.25, 0.3) is 32.6 Å². The topological polar surface area (TPSA) is 92.9 Å². The number of halogens is 2. The number of carbonyl (C=O) groups is 1. The first-order valence-corrected chi connectivity index (χ1v) is 15.9. The van der Waals surface area contributed by atoms with Crippen molar-refractivity contribution in [2.45, 2.75) is 5.60 Å². The van der Waals surface area contributed by atoms with E-state index in [-0.39, 0.29) is 5.91 Å². The Morgan fingerprint density at radius 1 is 0.848 bits per heavy atom. The fourth-order valence-electron chi connectivity index (χ4n) is 5.54. The highest BCUT2D eigenvalue weighted by molar-refractivity contribution is 7.13. The molecule has 0 aliphatic carbocycles. The Kier molecular flexibility index (Phi) is 7.88. The molecule has 7 rings (SSSR count). The van der Waals surface area contributed by atoms with Gasteiger partial charge in [-0.2, -0.15) is 0 Å². The Bertz CT molecular complexity index is 2220. The minimum absolute atomic E-state index is 0.301. The van der Waals surface area contributed by atoms with E-state index in [2.05, 4.69) is 15.3 Å². The summed E-state index contributed by atoms with van der Waals surface area (Å²) in [4.78, 5) is 27.0. The SMILES string of the molecule is Cn1cncc1C(O)(c1ccc(Cl)cc1)c1ccc2nc(NC(=O)c3csc(-c4ccccc4)n3)cc(-c3cccc(Cl)c3)c2c1. The minimum atomic E-state index is -1.57. The van der Waals surface area contributed by atoms with Crippen LogP contribution in [0.1, 0.15) is 27.3 Å². The van der Waals surface area contributed by atoms with Crippen molar-refractivity contribution < 1.29 is 9.90 Å². The molecule has 0 radical (unpaired) electrons. The monoisotopic (exact) mass is 661 g/mol. The first-order chi connectivity index (χ1) is 22.3. The third-order valence-electron chi connectivity index (χ3n) is 7.81. The van der Waals surface area contributed by atoms with Crippen LogP contribution in [0.3, 0.4) is 0 Å². The van der Waals surface area contributed by atoms with Gasteiger partial charge >= 0.3 is 0 Å². The standard InChI is InChI=1S/C36H25Cl2N5O2S/c1-43-21-39-19-32(43)36(45,24-10-13-26(37)14-11-24)25-12-15-30-29(17-25)28(23-8-5-9-27(38)16-23)18-33(40-30)42-34(44)31-20-46-35(41-31)22-6-3-2-4-7-22/h2-21,45H,1H3,(H,40,42,44). The van der Waals surface area contributed by atoms with Gasteiger partial charge in [-0.25, -0.2) is 15.0 Å². The molecule has 1 unspecified atom stereocenters. The number of amides is 1. The van der Waals surface area contributed by atoms with E-state index in [1.54, 1.807) is 52.8 Å². The zero-order chi connectivity index (χ0) is 31.8. The molecule has 0 bridgehead atoms. The van der Waals surface area contributed by atoms with Gasteiger partial charge in [-0.3, -0.25) is 4.79 Å². The number of benzene rings is 4. The molecule has 3 aromatic heterocycles. The van der Waals surface area contributed by atoms with Gasteiger partial charge in [-0.1, -0.05) is 83.9 Å². The van der Waals surface area contributed by atoms with Crippen LogP contribution in [0.5, 0.6) is 0 Å². The third kappa shape index (κ3) is 5.57. The number of imidazole rings is 1. The van der Waals surface area contributed by atoms with E-state index >= 15 is 0 Å². The molecule has 7 aromatic rings. The molecule has 226 valence electrons. The van der Waals surface area contributed by atoms with Gasteiger partial charge in [0.2, 0.25) is 0 Å². The third-order valence-corrected chi connectivity index (χ3v) is 9.19. The zero-order valence-electron chi connectivity index (χ0n) is 24.4. The number of hydrogen-bond donors (Lipinski definition) is 2. The molecular formula is C36H25Cl2N5O2S. The summed E-state index contributed by atoms with van der Waals surface area (Å²) < 4.78 is 1.79. The van der Waals surface area contributed by atoms with Crippen molar-refractivity contribution in [2.75, 3.05) is 5.32 Å². The molecular weight excluding hydrogens is 637 g/mol. The number of thiazole rings is 1. The molecule has 46 heavy (non-hydrogen) atoms. The molecule has 3 heterocycles. The van der Waals surface area contributed by atoms with Gasteiger partial charge in [-0.05, 0) is 64.7 Å². The summed E-state index contributed by atoms with van der Waals surface area (Å²) in [5.41, 5.74) is 3.69. The van der Waals surface area contributed by atoms with Crippen LogP contribution in [-0.2, 0) is 12.6 Å². The number of carbonyl (C=O) groups excluding carboxylic acids is 1. The molecule has 0 spiro atoms. The van der Waals surface area contributed by atoms with Gasteiger partial charge in [0.05, 0.1) is 23.7 Å². The molecule has 2 N–H and O–H groups in total. The lowest BCUT2D eigenvalue weighted by molar-refractivity contribution is 0.102. The summed E-state index contributed by atoms with van der Waals surface area (Å²) in [6.45, 7) is 0. The molecule has 0 saturated carbocycles. The van der Waals surface area contributed by atoms with Crippen molar-refractivity contribution >= 4 is 57.2 Å². The molecule has 1 amide bonds. The summed E-state index contributed by atoms with van der Waals surface area (Å²) in [5.74, 6) is -0.0126. The van der Waals surface area contributed by atoms with Gasteiger partial charge in [0.25, 0.3) is 5.91 Å². The van der Waals surface area contributed by atoms with Crippen LogP contribution in [0.15, 0.2) is 121 Å². The second-order valence-electron chi connectivity index (χ2n) is 10.8. The maximum atomic E-state index is 13.3. The molecule has 1 atom stereocenters. The number of anilines is 1. The van der Waals surface area contributed by atoms with Crippen LogP contribution in [0.4, 0.5) is 5.82 Å². The molecule has 0 saturated heterocycles. The fraction of sp³-hybridized carbons (Fsp3) is 0.0556. The number of nitrogens with one attached hydrogen (secondary N) is 1. The minimum Gasteiger partial charge on any atom is -0.374 e. The first-order valence-electron chi connectivity index (χ1n) is 14.3. The van der Waals surface area contributed by atoms with Gasteiger partial charge in [0.15, 0.2) is 5.60 Å². The van der Waals surface area contributed by atoms with Crippen LogP contribution in [0.2, 0.25) is 10.0 Å². The second-order valence-corrected chi connectivity index (χ2v) is 12.5. The number of aromatic nitrogens is 4. The normalized spacial score (nSPS) is 12.6. The van der Waals surface area contributed by atoms with Crippen LogP contribution >= 0.6 is 34.5 Å². The second kappa shape index (κ2) is 12.2. The number of aliphatic hydroxyl groups is 1. The van der Waals surface area contributed by atoms with Crippen molar-refractivity contribution in [1.82, 2.24) is 19.5 Å². The lowest BCUT2D eigenvalue weighted by Crippen LogP contribution is -2.31. The highest BCUT2D eigenvalue weighted by Gasteiger charge is 2.37. The van der Waals surface area contributed by atoms with E-state index in [1.165, 1.54) is 11.3 Å². The lowest BCUT2D eigenvalue weighted by Gasteiger charge is -2.30. The van der Waals surface area contributed by atoms with Crippen LogP contribution < -0.4 is 5.32 Å². The van der Waals surface area contributed by atoms with E-state index in [4.69, 9.17) is 28.2 Å². The largest absolute Gasteiger partial charge is 0.374 e. The maximum absolute atomic E-state index is 13.3. The van der Waals surface area contributed by atoms with Gasteiger partial charge in [-0.15, -0.1) is 11.3 Å². The smallest absolute Gasteiger partial charge is 0.276 e. The van der Waals surface area contributed by atoms with Crippen molar-refractivity contribution in [1.29, 1.82) is 0 Å². The van der Waals surface area contributed by atoms with Gasteiger partial charge < -0.3 is 15.0 Å². The van der Waals surface area contributed by atoms with E-state index in [0.29, 0.717) is 43.9 Å². The van der Waals surface area contributed by atoms with Crippen molar-refractivity contribution in [3.05, 3.63) is 154 Å². The summed E-state index contributed by atoms with van der Waals surface area (Å²) in [7, 11) is 1.84. The average Bonchev–Trinajstić information content (AvgIpc) is 3.75. The Labute approximate surface area is 278 Å². The number of hydrogen-bond acceptors (Lipinski definition) is 6. The average molecular weight is 663 g/mol. The summed E-state index contributed by atoms with van der Waals surface area (Å²) in [5, 5.41) is 19.8. The predicted molar refractivity (Wildman–Crippen MR) is 184 cm³/mol. The first kappa shape index (κ1) is 29.8. The zero-order valence-corrected chi connectivity index (χ0v) is 26.7. The number of aryl methyl sites for hydroxylation is 1. The van der Waals surface area contributed by atoms with E-state index in [9.17, 15) is 9.90 Å². The number of fused-ring (bicyclic) bond motifs is 1. The Balaban J connectivity index is 1.34. The number of nitrogens with zero attached hydrogens (tertiary/aromatic N) is 4. The molecule has 4 aromatic carbocycles. The Morgan fingerprint density at radius 3 is 2.35 bits per heavy atom.